The number of nitrogens with two attached hydrogens (primary N) is 2. The molecule has 0 fully saturated rings. The van der Waals surface area contributed by atoms with E-state index in [1.807, 2.05) is 0 Å². The zero-order valence-corrected chi connectivity index (χ0v) is 11.0. The normalized spacial score (nSPS) is 13.2. The second-order valence-corrected chi connectivity index (χ2v) is 5.94. The molecular formula is C10H16N4O4S. The van der Waals surface area contributed by atoms with Gasteiger partial charge in [-0.2, -0.15) is 0 Å². The number of rotatable bonds is 7. The van der Waals surface area contributed by atoms with Crippen LogP contribution >= 0.6 is 0 Å². The molecule has 1 atom stereocenters. The lowest BCUT2D eigenvalue weighted by Gasteiger charge is -2.13. The molecule has 19 heavy (non-hydrogen) atoms. The molecule has 1 aromatic carbocycles. The Labute approximate surface area is 110 Å². The van der Waals surface area contributed by atoms with Gasteiger partial charge in [0, 0.05) is 25.7 Å². The maximum atomic E-state index is 12.2. The van der Waals surface area contributed by atoms with Crippen molar-refractivity contribution in [3.63, 3.8) is 0 Å². The Bertz CT molecular complexity index is 546. The highest BCUT2D eigenvalue weighted by molar-refractivity contribution is 7.92. The lowest BCUT2D eigenvalue weighted by molar-refractivity contribution is -0.387. The van der Waals surface area contributed by atoms with E-state index in [1.165, 1.54) is 18.2 Å². The van der Waals surface area contributed by atoms with Crippen LogP contribution < -0.4 is 16.8 Å². The van der Waals surface area contributed by atoms with E-state index in [2.05, 4.69) is 5.32 Å². The van der Waals surface area contributed by atoms with Crippen LogP contribution in [0.3, 0.4) is 0 Å². The molecule has 0 amide bonds. The summed E-state index contributed by atoms with van der Waals surface area (Å²) >= 11 is 0. The minimum absolute atomic E-state index is 0.0222. The Kier molecular flexibility index (Phi) is 5.36. The molecule has 0 aliphatic heterocycles. The molecule has 1 unspecified atom stereocenters. The number of nitro groups is 1. The molecule has 0 aliphatic carbocycles. The largest absolute Gasteiger partial charge is 0.329 e. The van der Waals surface area contributed by atoms with Crippen LogP contribution in [0, 0.1) is 10.1 Å². The number of nitro benzene ring substituents is 1. The average Bonchev–Trinajstić information content (AvgIpc) is 2.38. The fourth-order valence-corrected chi connectivity index (χ4v) is 2.83. The van der Waals surface area contributed by atoms with Crippen molar-refractivity contribution < 1.29 is 13.3 Å². The second kappa shape index (κ2) is 6.57. The van der Waals surface area contributed by atoms with Crippen LogP contribution in [-0.2, 0) is 9.84 Å². The summed E-state index contributed by atoms with van der Waals surface area (Å²) in [6.45, 7) is 0.740. The summed E-state index contributed by atoms with van der Waals surface area (Å²) in [6.07, 6.45) is 0. The van der Waals surface area contributed by atoms with Crippen LogP contribution in [0.1, 0.15) is 0 Å². The first-order chi connectivity index (χ1) is 8.91. The van der Waals surface area contributed by atoms with E-state index in [-0.39, 0.29) is 11.4 Å². The molecule has 1 aromatic rings. The van der Waals surface area contributed by atoms with Crippen molar-refractivity contribution in [3.05, 3.63) is 34.4 Å². The van der Waals surface area contributed by atoms with Gasteiger partial charge < -0.3 is 16.8 Å². The van der Waals surface area contributed by atoms with E-state index in [1.54, 1.807) is 0 Å². The number of nitrogens with one attached hydrogen (secondary N) is 1. The number of sulfone groups is 1. The minimum atomic E-state index is -3.96. The van der Waals surface area contributed by atoms with E-state index in [4.69, 9.17) is 11.5 Å². The summed E-state index contributed by atoms with van der Waals surface area (Å²) < 4.78 is 24.3. The van der Waals surface area contributed by atoms with Gasteiger partial charge in [0.15, 0.2) is 0 Å². The smallest absolute Gasteiger partial charge is 0.288 e. The first kappa shape index (κ1) is 15.5. The van der Waals surface area contributed by atoms with Gasteiger partial charge in [-0.1, -0.05) is 12.1 Å². The highest BCUT2D eigenvalue weighted by Crippen LogP contribution is 2.25. The van der Waals surface area contributed by atoms with Gasteiger partial charge in [-0.15, -0.1) is 0 Å². The van der Waals surface area contributed by atoms with E-state index < -0.39 is 25.8 Å². The summed E-state index contributed by atoms with van der Waals surface area (Å²) in [6, 6.07) is 5.12. The predicted molar refractivity (Wildman–Crippen MR) is 70.2 cm³/mol. The van der Waals surface area contributed by atoms with Gasteiger partial charge in [0.2, 0.25) is 9.84 Å². The van der Waals surface area contributed by atoms with Crippen LogP contribution in [0.15, 0.2) is 29.2 Å². The van der Waals surface area contributed by atoms with Gasteiger partial charge in [0.25, 0.3) is 5.69 Å². The van der Waals surface area contributed by atoms with Crippen molar-refractivity contribution in [1.29, 1.82) is 0 Å². The van der Waals surface area contributed by atoms with Crippen molar-refractivity contribution in [2.45, 2.75) is 10.3 Å². The molecule has 8 nitrogen and oxygen atoms in total. The summed E-state index contributed by atoms with van der Waals surface area (Å²) in [5.41, 5.74) is 10.4. The average molecular weight is 288 g/mol. The maximum absolute atomic E-state index is 12.2. The number of nitrogens with zero attached hydrogens (tertiary/aromatic N) is 1. The first-order valence-corrected chi connectivity index (χ1v) is 7.09. The highest BCUT2D eigenvalue weighted by atomic mass is 32.2. The number of para-hydroxylation sites is 1. The molecule has 0 saturated heterocycles. The summed E-state index contributed by atoms with van der Waals surface area (Å²) in [5.74, 6) is 0. The third-order valence-electron chi connectivity index (χ3n) is 2.43. The van der Waals surface area contributed by atoms with Crippen LogP contribution in [-0.4, -0.2) is 38.3 Å². The molecule has 0 aromatic heterocycles. The van der Waals surface area contributed by atoms with E-state index >= 15 is 0 Å². The molecular weight excluding hydrogens is 272 g/mol. The molecule has 9 heteroatoms. The van der Waals surface area contributed by atoms with Gasteiger partial charge in [-0.3, -0.25) is 10.1 Å². The van der Waals surface area contributed by atoms with Crippen molar-refractivity contribution in [1.82, 2.24) is 5.32 Å². The van der Waals surface area contributed by atoms with E-state index in [9.17, 15) is 18.5 Å². The number of hydrogen-bond acceptors (Lipinski definition) is 7. The van der Waals surface area contributed by atoms with Gasteiger partial charge in [-0.05, 0) is 6.07 Å². The molecule has 0 saturated carbocycles. The first-order valence-electron chi connectivity index (χ1n) is 5.55. The van der Waals surface area contributed by atoms with Gasteiger partial charge in [0.1, 0.15) is 10.3 Å². The third kappa shape index (κ3) is 3.70. The highest BCUT2D eigenvalue weighted by Gasteiger charge is 2.30. The molecule has 0 bridgehead atoms. The van der Waals surface area contributed by atoms with Crippen LogP contribution in [0.5, 0.6) is 0 Å². The molecule has 0 heterocycles. The number of benzene rings is 1. The van der Waals surface area contributed by atoms with Gasteiger partial charge in [0.05, 0.1) is 4.92 Å². The van der Waals surface area contributed by atoms with Crippen LogP contribution in [0.4, 0.5) is 5.69 Å². The minimum Gasteiger partial charge on any atom is -0.329 e. The topological polar surface area (TPSA) is 141 Å². The standard InChI is InChI=1S/C10H16N4O4S/c11-5-6-13-7-10(12)19(17,18)9-4-2-1-3-8(9)14(15)16/h1-4,10,13H,5-7,11-12H2. The van der Waals surface area contributed by atoms with E-state index in [0.29, 0.717) is 13.1 Å². The molecule has 0 radical (unpaired) electrons. The Morgan fingerprint density at radius 3 is 2.58 bits per heavy atom. The zero-order valence-electron chi connectivity index (χ0n) is 10.2. The van der Waals surface area contributed by atoms with Crippen LogP contribution in [0.25, 0.3) is 0 Å². The fourth-order valence-electron chi connectivity index (χ4n) is 1.47. The number of hydrogen-bond donors (Lipinski definition) is 3. The third-order valence-corrected chi connectivity index (χ3v) is 4.36. The Morgan fingerprint density at radius 1 is 1.37 bits per heavy atom. The second-order valence-electron chi connectivity index (χ2n) is 3.80. The van der Waals surface area contributed by atoms with Gasteiger partial charge in [-0.25, -0.2) is 8.42 Å². The Balaban J connectivity index is 3.03. The Hall–Kier alpha value is -1.55. The monoisotopic (exact) mass is 288 g/mol. The van der Waals surface area contributed by atoms with Crippen molar-refractivity contribution in [2.24, 2.45) is 11.5 Å². The maximum Gasteiger partial charge on any atom is 0.288 e. The zero-order chi connectivity index (χ0) is 14.5. The lowest BCUT2D eigenvalue weighted by Crippen LogP contribution is -2.41. The lowest BCUT2D eigenvalue weighted by atomic mass is 10.3. The fraction of sp³-hybridized carbons (Fsp3) is 0.400. The molecule has 0 aliphatic rings. The SMILES string of the molecule is NCCNCC(N)S(=O)(=O)c1ccccc1[N+](=O)[O-]. The van der Waals surface area contributed by atoms with E-state index in [0.717, 1.165) is 6.07 Å². The van der Waals surface area contributed by atoms with Crippen molar-refractivity contribution in [3.8, 4) is 0 Å². The Morgan fingerprint density at radius 2 is 2.00 bits per heavy atom. The molecule has 5 N–H and O–H groups in total. The molecule has 106 valence electrons. The summed E-state index contributed by atoms with van der Waals surface area (Å²) in [5, 5.41) is 12.3. The molecule has 0 spiro atoms. The predicted octanol–water partition coefficient (Wildman–Crippen LogP) is -0.798. The summed E-state index contributed by atoms with van der Waals surface area (Å²) in [4.78, 5) is 9.70. The quantitative estimate of drug-likeness (QED) is 0.339. The van der Waals surface area contributed by atoms with Crippen molar-refractivity contribution >= 4 is 15.5 Å². The van der Waals surface area contributed by atoms with Crippen LogP contribution in [0.2, 0.25) is 0 Å². The van der Waals surface area contributed by atoms with Crippen molar-refractivity contribution in [2.75, 3.05) is 19.6 Å². The molecule has 1 rings (SSSR count). The van der Waals surface area contributed by atoms with Gasteiger partial charge >= 0.3 is 0 Å². The summed E-state index contributed by atoms with van der Waals surface area (Å²) in [7, 11) is -3.96.